The first-order valence-electron chi connectivity index (χ1n) is 12.2. The number of cyclic esters (lactones) is 1. The lowest BCUT2D eigenvalue weighted by Crippen LogP contribution is -2.55. The summed E-state index contributed by atoms with van der Waals surface area (Å²) >= 11 is 1.55. The maximum atomic E-state index is 14.0. The molecule has 7 nitrogen and oxygen atoms in total. The molecule has 0 aliphatic carbocycles. The molecule has 0 bridgehead atoms. The van der Waals surface area contributed by atoms with E-state index in [1.165, 1.54) is 4.90 Å². The average molecular weight is 477 g/mol. The van der Waals surface area contributed by atoms with E-state index >= 15 is 0 Å². The Morgan fingerprint density at radius 2 is 1.97 bits per heavy atom. The fourth-order valence-corrected chi connectivity index (χ4v) is 8.29. The normalized spacial score (nSPS) is 38.3. The smallest absolute Gasteiger partial charge is 0.311 e. The van der Waals surface area contributed by atoms with E-state index in [4.69, 9.17) is 4.74 Å². The van der Waals surface area contributed by atoms with Gasteiger partial charge in [0.1, 0.15) is 6.04 Å². The van der Waals surface area contributed by atoms with Crippen molar-refractivity contribution >= 4 is 29.5 Å². The van der Waals surface area contributed by atoms with Crippen molar-refractivity contribution in [3.63, 3.8) is 0 Å². The van der Waals surface area contributed by atoms with Gasteiger partial charge in [0, 0.05) is 23.9 Å². The topological polar surface area (TPSA) is 87.2 Å². The minimum atomic E-state index is -0.874. The van der Waals surface area contributed by atoms with E-state index in [9.17, 15) is 19.5 Å². The predicted molar refractivity (Wildman–Crippen MR) is 127 cm³/mol. The molecule has 6 atom stereocenters. The molecule has 4 aliphatic rings. The summed E-state index contributed by atoms with van der Waals surface area (Å²) in [6.07, 6.45) is 12.6. The zero-order valence-electron chi connectivity index (χ0n) is 19.9. The number of carbonyl (C=O) groups is 3. The van der Waals surface area contributed by atoms with E-state index in [0.29, 0.717) is 13.2 Å². The summed E-state index contributed by atoms with van der Waals surface area (Å²) in [6.45, 7) is 6.80. The van der Waals surface area contributed by atoms with E-state index in [-0.39, 0.29) is 37.0 Å². The van der Waals surface area contributed by atoms with Gasteiger partial charge in [0.25, 0.3) is 0 Å². The highest BCUT2D eigenvalue weighted by atomic mass is 32.2. The molecule has 2 unspecified atom stereocenters. The molecule has 8 heteroatoms. The van der Waals surface area contributed by atoms with Gasteiger partial charge < -0.3 is 19.6 Å². The number of ether oxygens (including phenoxy) is 1. The van der Waals surface area contributed by atoms with E-state index in [1.54, 1.807) is 11.8 Å². The number of aliphatic hydroxyl groups is 1. The number of amides is 2. The molecule has 1 N–H and O–H groups in total. The van der Waals surface area contributed by atoms with Crippen LogP contribution in [0.15, 0.2) is 24.3 Å². The average Bonchev–Trinajstić information content (AvgIpc) is 3.08. The number of fused-ring (bicyclic) bond motifs is 2. The molecule has 2 amide bonds. The number of thioether (sulfide) groups is 1. The highest BCUT2D eigenvalue weighted by Crippen LogP contribution is 2.65. The summed E-state index contributed by atoms with van der Waals surface area (Å²) in [6, 6.07) is -0.708. The Balaban J connectivity index is 1.83. The standard InChI is InChI=1S/C25H36N2O5S/c1-4-10-17(2)26-13-9-12-25-18(21(29)27(14-15-28)20(25)22(26)30)19-23(31)32-16-8-6-5-7-11-24(19,3)33-25/h7,9,11-12,17-20,28H,4-6,8,10,13-16H2,1-3H3/b11-7-/t17?,18-,19+,20?,24-,25-/m0/s1. The van der Waals surface area contributed by atoms with Gasteiger partial charge in [0.2, 0.25) is 11.8 Å². The molecule has 1 spiro atoms. The fourth-order valence-electron chi connectivity index (χ4n) is 6.13. The number of rotatable bonds is 5. The molecule has 4 aliphatic heterocycles. The number of carbonyl (C=O) groups excluding carboxylic acids is 3. The van der Waals surface area contributed by atoms with Crippen molar-refractivity contribution in [1.82, 2.24) is 9.80 Å². The second kappa shape index (κ2) is 9.45. The van der Waals surface area contributed by atoms with Crippen LogP contribution < -0.4 is 0 Å². The van der Waals surface area contributed by atoms with Crippen LogP contribution in [0.4, 0.5) is 0 Å². The van der Waals surface area contributed by atoms with Gasteiger partial charge in [-0.2, -0.15) is 0 Å². The van der Waals surface area contributed by atoms with Crippen LogP contribution in [0.2, 0.25) is 0 Å². The number of hydrogen-bond acceptors (Lipinski definition) is 6. The minimum absolute atomic E-state index is 0.0416. The summed E-state index contributed by atoms with van der Waals surface area (Å²) < 4.78 is 4.12. The minimum Gasteiger partial charge on any atom is -0.465 e. The Hall–Kier alpha value is -1.80. The molecule has 4 heterocycles. The maximum absolute atomic E-state index is 14.0. The number of nitrogens with zero attached hydrogens (tertiary/aromatic N) is 2. The Bertz CT molecular complexity index is 860. The predicted octanol–water partition coefficient (Wildman–Crippen LogP) is 2.54. The first-order valence-corrected chi connectivity index (χ1v) is 13.1. The number of likely N-dealkylation sites (tertiary alicyclic amines) is 1. The Morgan fingerprint density at radius 3 is 2.70 bits per heavy atom. The first-order chi connectivity index (χ1) is 15.8. The maximum Gasteiger partial charge on any atom is 0.311 e. The molecule has 33 heavy (non-hydrogen) atoms. The first kappa shape index (κ1) is 24.3. The van der Waals surface area contributed by atoms with E-state index in [1.807, 2.05) is 30.9 Å². The quantitative estimate of drug-likeness (QED) is 0.485. The van der Waals surface area contributed by atoms with Crippen LogP contribution in [0.1, 0.15) is 52.9 Å². The van der Waals surface area contributed by atoms with Crippen molar-refractivity contribution in [2.75, 3.05) is 26.3 Å². The molecule has 0 aromatic rings. The Morgan fingerprint density at radius 1 is 1.18 bits per heavy atom. The number of aliphatic hydroxyl groups excluding tert-OH is 1. The summed E-state index contributed by atoms with van der Waals surface area (Å²) in [5.74, 6) is -2.09. The largest absolute Gasteiger partial charge is 0.465 e. The third kappa shape index (κ3) is 3.93. The van der Waals surface area contributed by atoms with Gasteiger partial charge >= 0.3 is 5.97 Å². The lowest BCUT2D eigenvalue weighted by atomic mass is 9.74. The van der Waals surface area contributed by atoms with Gasteiger partial charge in [-0.25, -0.2) is 0 Å². The second-order valence-corrected chi connectivity index (χ2v) is 11.6. The molecular weight excluding hydrogens is 440 g/mol. The molecular formula is C25H36N2O5S. The SMILES string of the molecule is CCCC(C)N1CC=C[C@]23S[C@@]4(C)/C=C\CCCCOC(=O)[C@H]4[C@H]2C(=O)N(CCO)C3C1=O. The van der Waals surface area contributed by atoms with Crippen LogP contribution in [0.5, 0.6) is 0 Å². The van der Waals surface area contributed by atoms with E-state index < -0.39 is 27.4 Å². The van der Waals surface area contributed by atoms with Crippen LogP contribution in [0.25, 0.3) is 0 Å². The number of hydrogen-bond donors (Lipinski definition) is 1. The zero-order valence-corrected chi connectivity index (χ0v) is 20.7. The fraction of sp³-hybridized carbons (Fsp3) is 0.720. The highest BCUT2D eigenvalue weighted by molar-refractivity contribution is 8.02. The van der Waals surface area contributed by atoms with Crippen LogP contribution in [0, 0.1) is 11.8 Å². The van der Waals surface area contributed by atoms with Crippen molar-refractivity contribution < 1.29 is 24.2 Å². The van der Waals surface area contributed by atoms with E-state index in [2.05, 4.69) is 19.1 Å². The van der Waals surface area contributed by atoms with Gasteiger partial charge in [-0.15, -0.1) is 11.8 Å². The van der Waals surface area contributed by atoms with Crippen molar-refractivity contribution in [3.05, 3.63) is 24.3 Å². The summed E-state index contributed by atoms with van der Waals surface area (Å²) in [5, 5.41) is 9.75. The van der Waals surface area contributed by atoms with Gasteiger partial charge in [0.15, 0.2) is 0 Å². The molecule has 2 saturated heterocycles. The van der Waals surface area contributed by atoms with Crippen LogP contribution in [-0.2, 0) is 19.1 Å². The van der Waals surface area contributed by atoms with Gasteiger partial charge in [-0.1, -0.05) is 37.6 Å². The molecule has 0 radical (unpaired) electrons. The van der Waals surface area contributed by atoms with Crippen molar-refractivity contribution in [2.24, 2.45) is 11.8 Å². The van der Waals surface area contributed by atoms with Crippen LogP contribution in [-0.4, -0.2) is 80.6 Å². The second-order valence-electron chi connectivity index (χ2n) is 9.85. The monoisotopic (exact) mass is 476 g/mol. The number of esters is 1. The molecule has 0 aromatic heterocycles. The summed E-state index contributed by atoms with van der Waals surface area (Å²) in [7, 11) is 0. The molecule has 4 rings (SSSR count). The Labute approximate surface area is 200 Å². The summed E-state index contributed by atoms with van der Waals surface area (Å²) in [5.41, 5.74) is 0. The Kier molecular flexibility index (Phi) is 6.97. The van der Waals surface area contributed by atoms with Crippen LogP contribution >= 0.6 is 11.8 Å². The van der Waals surface area contributed by atoms with Crippen molar-refractivity contribution in [1.29, 1.82) is 0 Å². The van der Waals surface area contributed by atoms with Gasteiger partial charge in [-0.3, -0.25) is 14.4 Å². The lowest BCUT2D eigenvalue weighted by molar-refractivity contribution is -0.154. The summed E-state index contributed by atoms with van der Waals surface area (Å²) in [4.78, 5) is 44.6. The molecule has 182 valence electrons. The third-order valence-electron chi connectivity index (χ3n) is 7.61. The van der Waals surface area contributed by atoms with Crippen molar-refractivity contribution in [3.8, 4) is 0 Å². The van der Waals surface area contributed by atoms with Crippen molar-refractivity contribution in [2.45, 2.75) is 74.5 Å². The molecule has 2 fully saturated rings. The molecule has 0 aromatic carbocycles. The number of allylic oxidation sites excluding steroid dienone is 1. The lowest BCUT2D eigenvalue weighted by Gasteiger charge is -2.38. The molecule has 0 saturated carbocycles. The third-order valence-corrected chi connectivity index (χ3v) is 9.41. The van der Waals surface area contributed by atoms with Gasteiger partial charge in [0.05, 0.1) is 29.8 Å². The zero-order chi connectivity index (χ0) is 23.8. The van der Waals surface area contributed by atoms with Gasteiger partial charge in [-0.05, 0) is 39.5 Å². The number of β-amino-alcohol motifs (C(OH)–C–C–N with tert-alkyl or cyclic N) is 1. The highest BCUT2D eigenvalue weighted by Gasteiger charge is 2.73. The van der Waals surface area contributed by atoms with E-state index in [0.717, 1.165) is 32.1 Å². The van der Waals surface area contributed by atoms with Crippen LogP contribution in [0.3, 0.4) is 0 Å².